The largest absolute Gasteiger partial charge is 0.326 e. The molecule has 7 heteroatoms. The van der Waals surface area contributed by atoms with Crippen LogP contribution >= 0.6 is 0 Å². The lowest BCUT2D eigenvalue weighted by Crippen LogP contribution is -2.39. The number of hydrogen-bond donors (Lipinski definition) is 1. The van der Waals surface area contributed by atoms with Crippen molar-refractivity contribution < 1.29 is 0 Å². The maximum absolute atomic E-state index is 12.9. The van der Waals surface area contributed by atoms with E-state index < -0.39 is 0 Å². The lowest BCUT2D eigenvalue weighted by atomic mass is 9.99. The highest BCUT2D eigenvalue weighted by Gasteiger charge is 2.24. The number of benzene rings is 1. The molecule has 4 aromatic rings. The van der Waals surface area contributed by atoms with Crippen LogP contribution in [0.4, 0.5) is 0 Å². The Bertz CT molecular complexity index is 1260. The van der Waals surface area contributed by atoms with Crippen LogP contribution in [-0.2, 0) is 0 Å². The Morgan fingerprint density at radius 1 is 1.21 bits per heavy atom. The van der Waals surface area contributed by atoms with Gasteiger partial charge in [-0.1, -0.05) is 6.92 Å². The third-order valence-corrected chi connectivity index (χ3v) is 6.23. The summed E-state index contributed by atoms with van der Waals surface area (Å²) in [5.41, 5.74) is 7.14. The van der Waals surface area contributed by atoms with Crippen LogP contribution in [0.25, 0.3) is 27.8 Å². The van der Waals surface area contributed by atoms with E-state index in [0.29, 0.717) is 0 Å². The van der Waals surface area contributed by atoms with E-state index in [1.54, 1.807) is 6.33 Å². The molecule has 1 atom stereocenters. The summed E-state index contributed by atoms with van der Waals surface area (Å²) in [4.78, 5) is 22.7. The van der Waals surface area contributed by atoms with Crippen LogP contribution < -0.4 is 5.69 Å². The first-order chi connectivity index (χ1) is 14.0. The molecule has 150 valence electrons. The molecule has 1 saturated heterocycles. The second-order valence-corrected chi connectivity index (χ2v) is 8.11. The Balaban J connectivity index is 1.63. The smallest absolute Gasteiger partial charge is 0.306 e. The van der Waals surface area contributed by atoms with Crippen molar-refractivity contribution in [3.8, 4) is 11.1 Å². The lowest BCUT2D eigenvalue weighted by Gasteiger charge is -2.32. The Labute approximate surface area is 169 Å². The predicted octanol–water partition coefficient (Wildman–Crippen LogP) is 3.31. The molecule has 4 heterocycles. The van der Waals surface area contributed by atoms with Crippen molar-refractivity contribution >= 4 is 16.7 Å². The number of aryl methyl sites for hydroxylation is 2. The molecule has 0 radical (unpaired) electrons. The standard InChI is InChI=1S/C22H26N6O/c1-4-26-7-5-6-17(12-26)28-20-9-14(2)18(10-19(20)25-22(28)29)16-8-15(3)21-23-13-24-27(21)11-16/h8-11,13,17H,4-7,12H2,1-3H3,(H,25,29)/t17-/m0/s1. The van der Waals surface area contributed by atoms with Gasteiger partial charge in [-0.3, -0.25) is 4.57 Å². The minimum Gasteiger partial charge on any atom is -0.306 e. The molecule has 1 aromatic carbocycles. The average molecular weight is 390 g/mol. The van der Waals surface area contributed by atoms with Gasteiger partial charge in [0.05, 0.1) is 17.1 Å². The summed E-state index contributed by atoms with van der Waals surface area (Å²) in [6.45, 7) is 9.42. The third-order valence-electron chi connectivity index (χ3n) is 6.23. The van der Waals surface area contributed by atoms with Gasteiger partial charge < -0.3 is 9.88 Å². The first-order valence-corrected chi connectivity index (χ1v) is 10.3. The van der Waals surface area contributed by atoms with Gasteiger partial charge >= 0.3 is 5.69 Å². The maximum Gasteiger partial charge on any atom is 0.326 e. The summed E-state index contributed by atoms with van der Waals surface area (Å²) in [6.07, 6.45) is 5.75. The van der Waals surface area contributed by atoms with Crippen LogP contribution in [0.5, 0.6) is 0 Å². The van der Waals surface area contributed by atoms with E-state index in [-0.39, 0.29) is 11.7 Å². The van der Waals surface area contributed by atoms with Crippen LogP contribution in [0.2, 0.25) is 0 Å². The molecule has 0 spiro atoms. The first kappa shape index (κ1) is 18.1. The van der Waals surface area contributed by atoms with Gasteiger partial charge in [0.25, 0.3) is 0 Å². The van der Waals surface area contributed by atoms with Crippen LogP contribution in [-0.4, -0.2) is 48.7 Å². The molecule has 0 amide bonds. The molecular formula is C22H26N6O. The number of likely N-dealkylation sites (tertiary alicyclic amines) is 1. The third kappa shape index (κ3) is 2.97. The number of aromatic nitrogens is 5. The minimum absolute atomic E-state index is 0.0117. The normalized spacial score (nSPS) is 18.1. The fourth-order valence-corrected chi connectivity index (χ4v) is 4.72. The first-order valence-electron chi connectivity index (χ1n) is 10.3. The number of fused-ring (bicyclic) bond motifs is 2. The van der Waals surface area contributed by atoms with Gasteiger partial charge in [-0.15, -0.1) is 0 Å². The van der Waals surface area contributed by atoms with E-state index in [1.807, 2.05) is 22.2 Å². The number of rotatable bonds is 3. The summed E-state index contributed by atoms with van der Waals surface area (Å²) in [5.74, 6) is 0. The molecular weight excluding hydrogens is 364 g/mol. The summed E-state index contributed by atoms with van der Waals surface area (Å²) < 4.78 is 3.78. The number of nitrogens with zero attached hydrogens (tertiary/aromatic N) is 5. The van der Waals surface area contributed by atoms with Crippen molar-refractivity contribution in [2.24, 2.45) is 0 Å². The van der Waals surface area contributed by atoms with Crippen LogP contribution in [0.15, 0.2) is 35.5 Å². The molecule has 1 N–H and O–H groups in total. The van der Waals surface area contributed by atoms with Crippen LogP contribution in [0.1, 0.15) is 36.9 Å². The average Bonchev–Trinajstić information content (AvgIpc) is 3.31. The number of imidazole rings is 1. The number of hydrogen-bond acceptors (Lipinski definition) is 4. The van der Waals surface area contributed by atoms with Gasteiger partial charge in [0.2, 0.25) is 0 Å². The molecule has 0 bridgehead atoms. The highest BCUT2D eigenvalue weighted by molar-refractivity contribution is 5.84. The van der Waals surface area contributed by atoms with E-state index in [9.17, 15) is 4.79 Å². The second-order valence-electron chi connectivity index (χ2n) is 8.11. The Morgan fingerprint density at radius 2 is 2.07 bits per heavy atom. The molecule has 1 aliphatic heterocycles. The van der Waals surface area contributed by atoms with E-state index in [0.717, 1.165) is 71.4 Å². The Hall–Kier alpha value is -2.93. The SMILES string of the molecule is CCN1CCC[C@H](n2c(=O)[nH]c3cc(-c4cc(C)c5ncnn5c4)c(C)cc32)C1. The molecule has 1 fully saturated rings. The number of aromatic amines is 1. The number of pyridine rings is 1. The van der Waals surface area contributed by atoms with Crippen molar-refractivity contribution in [2.75, 3.05) is 19.6 Å². The molecule has 7 nitrogen and oxygen atoms in total. The number of likely N-dealkylation sites (N-methyl/N-ethyl adjacent to an activating group) is 1. The van der Waals surface area contributed by atoms with Gasteiger partial charge in [0.15, 0.2) is 5.65 Å². The lowest BCUT2D eigenvalue weighted by molar-refractivity contribution is 0.185. The van der Waals surface area contributed by atoms with Crippen LogP contribution in [0, 0.1) is 13.8 Å². The number of piperidine rings is 1. The van der Waals surface area contributed by atoms with Crippen molar-refractivity contribution in [3.05, 3.63) is 52.3 Å². The highest BCUT2D eigenvalue weighted by atomic mass is 16.1. The number of nitrogens with one attached hydrogen (secondary N) is 1. The maximum atomic E-state index is 12.9. The molecule has 0 unspecified atom stereocenters. The topological polar surface area (TPSA) is 71.2 Å². The van der Waals surface area contributed by atoms with E-state index >= 15 is 0 Å². The van der Waals surface area contributed by atoms with E-state index in [1.165, 1.54) is 0 Å². The summed E-state index contributed by atoms with van der Waals surface area (Å²) in [5, 5.41) is 4.29. The highest BCUT2D eigenvalue weighted by Crippen LogP contribution is 2.31. The Morgan fingerprint density at radius 3 is 2.90 bits per heavy atom. The molecule has 0 saturated carbocycles. The molecule has 3 aromatic heterocycles. The van der Waals surface area contributed by atoms with E-state index in [4.69, 9.17) is 0 Å². The van der Waals surface area contributed by atoms with Gasteiger partial charge in [0.1, 0.15) is 6.33 Å². The van der Waals surface area contributed by atoms with Gasteiger partial charge in [0, 0.05) is 18.3 Å². The fraction of sp³-hybridized carbons (Fsp3) is 0.409. The molecule has 29 heavy (non-hydrogen) atoms. The van der Waals surface area contributed by atoms with Gasteiger partial charge in [-0.05, 0) is 74.7 Å². The summed E-state index contributed by atoms with van der Waals surface area (Å²) in [7, 11) is 0. The molecule has 5 rings (SSSR count). The van der Waals surface area contributed by atoms with Crippen molar-refractivity contribution in [3.63, 3.8) is 0 Å². The monoisotopic (exact) mass is 390 g/mol. The molecule has 1 aliphatic rings. The summed E-state index contributed by atoms with van der Waals surface area (Å²) in [6, 6.07) is 6.60. The fourth-order valence-electron chi connectivity index (χ4n) is 4.72. The van der Waals surface area contributed by atoms with E-state index in [2.05, 4.69) is 52.0 Å². The minimum atomic E-state index is -0.0117. The van der Waals surface area contributed by atoms with Crippen molar-refractivity contribution in [2.45, 2.75) is 39.7 Å². The zero-order chi connectivity index (χ0) is 20.1. The van der Waals surface area contributed by atoms with Gasteiger partial charge in [-0.25, -0.2) is 14.3 Å². The zero-order valence-electron chi connectivity index (χ0n) is 17.1. The van der Waals surface area contributed by atoms with Crippen molar-refractivity contribution in [1.29, 1.82) is 0 Å². The van der Waals surface area contributed by atoms with Crippen LogP contribution in [0.3, 0.4) is 0 Å². The van der Waals surface area contributed by atoms with Crippen molar-refractivity contribution in [1.82, 2.24) is 29.0 Å². The predicted molar refractivity (Wildman–Crippen MR) is 114 cm³/mol. The zero-order valence-corrected chi connectivity index (χ0v) is 17.1. The number of H-pyrrole nitrogens is 1. The molecule has 0 aliphatic carbocycles. The summed E-state index contributed by atoms with van der Waals surface area (Å²) >= 11 is 0. The second kappa shape index (κ2) is 6.84. The van der Waals surface area contributed by atoms with Gasteiger partial charge in [-0.2, -0.15) is 5.10 Å². The Kier molecular flexibility index (Phi) is 4.28. The quantitative estimate of drug-likeness (QED) is 0.583.